The summed E-state index contributed by atoms with van der Waals surface area (Å²) in [6, 6.07) is 14.3. The number of nitrogens with zero attached hydrogens (tertiary/aromatic N) is 4. The van der Waals surface area contributed by atoms with Crippen LogP contribution in [0.2, 0.25) is 0 Å². The third-order valence-corrected chi connectivity index (χ3v) is 4.85. The van der Waals surface area contributed by atoms with Gasteiger partial charge in [0.2, 0.25) is 0 Å². The highest BCUT2D eigenvalue weighted by molar-refractivity contribution is 5.61. The van der Waals surface area contributed by atoms with Gasteiger partial charge in [0.15, 0.2) is 0 Å². The van der Waals surface area contributed by atoms with Crippen molar-refractivity contribution in [3.63, 3.8) is 0 Å². The van der Waals surface area contributed by atoms with E-state index in [0.717, 1.165) is 54.5 Å². The van der Waals surface area contributed by atoms with Crippen LogP contribution in [-0.2, 0) is 6.61 Å². The molecule has 4 rings (SSSR count). The van der Waals surface area contributed by atoms with Crippen molar-refractivity contribution in [2.75, 3.05) is 36.0 Å². The Morgan fingerprint density at radius 1 is 0.852 bits per heavy atom. The lowest BCUT2D eigenvalue weighted by Crippen LogP contribution is -2.46. The SMILES string of the molecule is OCc1ccc(-c2cncc(N3CCN(c4ccc(F)cc4)CC3)n2)cc1. The second-order valence-electron chi connectivity index (χ2n) is 6.57. The zero-order valence-electron chi connectivity index (χ0n) is 14.9. The molecule has 0 radical (unpaired) electrons. The van der Waals surface area contributed by atoms with Gasteiger partial charge in [-0.25, -0.2) is 9.37 Å². The molecule has 0 aliphatic carbocycles. The first-order chi connectivity index (χ1) is 13.2. The van der Waals surface area contributed by atoms with E-state index in [9.17, 15) is 9.50 Å². The molecule has 0 saturated carbocycles. The Labute approximate surface area is 157 Å². The van der Waals surface area contributed by atoms with Crippen LogP contribution in [0.25, 0.3) is 11.3 Å². The minimum atomic E-state index is -0.212. The predicted octanol–water partition coefficient (Wildman–Crippen LogP) is 3.10. The molecule has 1 aromatic heterocycles. The smallest absolute Gasteiger partial charge is 0.147 e. The van der Waals surface area contributed by atoms with Crippen molar-refractivity contribution >= 4 is 11.5 Å². The molecule has 0 bridgehead atoms. The molecule has 3 aromatic rings. The van der Waals surface area contributed by atoms with Gasteiger partial charge in [0, 0.05) is 37.4 Å². The summed E-state index contributed by atoms with van der Waals surface area (Å²) in [5.74, 6) is 0.647. The Morgan fingerprint density at radius 2 is 1.52 bits per heavy atom. The van der Waals surface area contributed by atoms with E-state index in [4.69, 9.17) is 4.98 Å². The van der Waals surface area contributed by atoms with Crippen molar-refractivity contribution in [3.05, 3.63) is 72.3 Å². The highest BCUT2D eigenvalue weighted by Gasteiger charge is 2.19. The summed E-state index contributed by atoms with van der Waals surface area (Å²) in [7, 11) is 0. The van der Waals surface area contributed by atoms with E-state index >= 15 is 0 Å². The number of aromatic nitrogens is 2. The van der Waals surface area contributed by atoms with Gasteiger partial charge in [0.05, 0.1) is 24.7 Å². The van der Waals surface area contributed by atoms with Gasteiger partial charge in [-0.05, 0) is 29.8 Å². The molecule has 0 unspecified atom stereocenters. The monoisotopic (exact) mass is 364 g/mol. The number of benzene rings is 2. The van der Waals surface area contributed by atoms with E-state index in [1.54, 1.807) is 12.4 Å². The van der Waals surface area contributed by atoms with Crippen molar-refractivity contribution in [1.82, 2.24) is 9.97 Å². The number of rotatable bonds is 4. The Morgan fingerprint density at radius 3 is 2.19 bits per heavy atom. The van der Waals surface area contributed by atoms with Gasteiger partial charge in [-0.15, -0.1) is 0 Å². The highest BCUT2D eigenvalue weighted by Crippen LogP contribution is 2.22. The molecule has 1 aliphatic heterocycles. The summed E-state index contributed by atoms with van der Waals surface area (Å²) >= 11 is 0. The minimum absolute atomic E-state index is 0.0321. The summed E-state index contributed by atoms with van der Waals surface area (Å²) in [5, 5.41) is 9.17. The fourth-order valence-corrected chi connectivity index (χ4v) is 3.27. The molecule has 6 heteroatoms. The Bertz CT molecular complexity index is 891. The number of aliphatic hydroxyl groups is 1. The molecule has 138 valence electrons. The number of piperazine rings is 1. The standard InChI is InChI=1S/C21H21FN4O/c22-18-5-7-19(8-6-18)25-9-11-26(12-10-25)21-14-23-13-20(24-21)17-3-1-16(15-27)2-4-17/h1-8,13-14,27H,9-12,15H2. The number of hydrogen-bond donors (Lipinski definition) is 1. The van der Waals surface area contributed by atoms with Crippen molar-refractivity contribution in [1.29, 1.82) is 0 Å². The number of hydrogen-bond acceptors (Lipinski definition) is 5. The Kier molecular flexibility index (Phi) is 4.98. The molecule has 2 aromatic carbocycles. The van der Waals surface area contributed by atoms with E-state index in [1.165, 1.54) is 12.1 Å². The van der Waals surface area contributed by atoms with E-state index < -0.39 is 0 Å². The molecule has 1 saturated heterocycles. The molecular weight excluding hydrogens is 343 g/mol. The summed E-state index contributed by atoms with van der Waals surface area (Å²) in [6.45, 7) is 3.40. The molecular formula is C21H21FN4O. The number of anilines is 2. The highest BCUT2D eigenvalue weighted by atomic mass is 19.1. The second-order valence-corrected chi connectivity index (χ2v) is 6.57. The summed E-state index contributed by atoms with van der Waals surface area (Å²) in [5.41, 5.74) is 3.71. The van der Waals surface area contributed by atoms with E-state index in [1.807, 2.05) is 36.4 Å². The van der Waals surface area contributed by atoms with Crippen LogP contribution < -0.4 is 9.80 Å². The maximum Gasteiger partial charge on any atom is 0.147 e. The van der Waals surface area contributed by atoms with E-state index in [-0.39, 0.29) is 12.4 Å². The Balaban J connectivity index is 1.46. The van der Waals surface area contributed by atoms with Crippen molar-refractivity contribution in [3.8, 4) is 11.3 Å². The van der Waals surface area contributed by atoms with Crippen molar-refractivity contribution in [2.24, 2.45) is 0 Å². The first-order valence-electron chi connectivity index (χ1n) is 9.00. The lowest BCUT2D eigenvalue weighted by molar-refractivity contribution is 0.282. The lowest BCUT2D eigenvalue weighted by Gasteiger charge is -2.36. The van der Waals surface area contributed by atoms with Gasteiger partial charge in [0.1, 0.15) is 11.6 Å². The Hall–Kier alpha value is -2.99. The molecule has 0 spiro atoms. The molecule has 0 atom stereocenters. The minimum Gasteiger partial charge on any atom is -0.392 e. The number of aliphatic hydroxyl groups excluding tert-OH is 1. The fraction of sp³-hybridized carbons (Fsp3) is 0.238. The van der Waals surface area contributed by atoms with Crippen LogP contribution in [0.1, 0.15) is 5.56 Å². The van der Waals surface area contributed by atoms with E-state index in [2.05, 4.69) is 14.8 Å². The summed E-state index contributed by atoms with van der Waals surface area (Å²) in [6.07, 6.45) is 3.55. The van der Waals surface area contributed by atoms with Crippen LogP contribution in [0.4, 0.5) is 15.9 Å². The van der Waals surface area contributed by atoms with Gasteiger partial charge in [-0.2, -0.15) is 0 Å². The van der Waals surface area contributed by atoms with Crippen LogP contribution in [0, 0.1) is 5.82 Å². The maximum atomic E-state index is 13.1. The fourth-order valence-electron chi connectivity index (χ4n) is 3.27. The first-order valence-corrected chi connectivity index (χ1v) is 9.00. The second kappa shape index (κ2) is 7.72. The average Bonchev–Trinajstić information content (AvgIpc) is 2.75. The molecule has 1 N–H and O–H groups in total. The van der Waals surface area contributed by atoms with Crippen LogP contribution in [0.5, 0.6) is 0 Å². The van der Waals surface area contributed by atoms with Gasteiger partial charge in [0.25, 0.3) is 0 Å². The zero-order valence-corrected chi connectivity index (χ0v) is 14.9. The molecule has 2 heterocycles. The van der Waals surface area contributed by atoms with Gasteiger partial charge in [-0.1, -0.05) is 24.3 Å². The lowest BCUT2D eigenvalue weighted by atomic mass is 10.1. The van der Waals surface area contributed by atoms with E-state index in [0.29, 0.717) is 0 Å². The van der Waals surface area contributed by atoms with Crippen LogP contribution in [0.15, 0.2) is 60.9 Å². The van der Waals surface area contributed by atoms with Crippen molar-refractivity contribution in [2.45, 2.75) is 6.61 Å². The predicted molar refractivity (Wildman–Crippen MR) is 104 cm³/mol. The molecule has 1 fully saturated rings. The summed E-state index contributed by atoms with van der Waals surface area (Å²) in [4.78, 5) is 13.6. The largest absolute Gasteiger partial charge is 0.392 e. The molecule has 1 aliphatic rings. The molecule has 27 heavy (non-hydrogen) atoms. The quantitative estimate of drug-likeness (QED) is 0.771. The third-order valence-electron chi connectivity index (χ3n) is 4.85. The van der Waals surface area contributed by atoms with Crippen LogP contribution >= 0.6 is 0 Å². The zero-order chi connectivity index (χ0) is 18.6. The topological polar surface area (TPSA) is 52.5 Å². The average molecular weight is 364 g/mol. The van der Waals surface area contributed by atoms with Gasteiger partial charge < -0.3 is 14.9 Å². The first kappa shape index (κ1) is 17.4. The van der Waals surface area contributed by atoms with Crippen LogP contribution in [0.3, 0.4) is 0 Å². The summed E-state index contributed by atoms with van der Waals surface area (Å²) < 4.78 is 13.1. The van der Waals surface area contributed by atoms with Gasteiger partial charge >= 0.3 is 0 Å². The molecule has 0 amide bonds. The van der Waals surface area contributed by atoms with Crippen LogP contribution in [-0.4, -0.2) is 41.3 Å². The maximum absolute atomic E-state index is 13.1. The molecule has 5 nitrogen and oxygen atoms in total. The third kappa shape index (κ3) is 3.90. The van der Waals surface area contributed by atoms with Gasteiger partial charge in [-0.3, -0.25) is 4.98 Å². The van der Waals surface area contributed by atoms with Crippen molar-refractivity contribution < 1.29 is 9.50 Å². The number of halogens is 1. The normalized spacial score (nSPS) is 14.4.